The summed E-state index contributed by atoms with van der Waals surface area (Å²) in [5, 5.41) is 17.0. The highest BCUT2D eigenvalue weighted by Gasteiger charge is 1.88. The van der Waals surface area contributed by atoms with Crippen LogP contribution in [0.15, 0.2) is 0 Å². The molecule has 0 fully saturated rings. The van der Waals surface area contributed by atoms with Crippen molar-refractivity contribution >= 4 is 21.9 Å². The van der Waals surface area contributed by atoms with E-state index in [0.717, 1.165) is 18.7 Å². The minimum Gasteiger partial charge on any atom is -0.481 e. The molecule has 0 aliphatic heterocycles. The molecule has 0 spiro atoms. The smallest absolute Gasteiger partial charge is 0.300 e. The molecule has 0 saturated heterocycles. The number of halogens is 1. The van der Waals surface area contributed by atoms with Gasteiger partial charge in [-0.2, -0.15) is 0 Å². The van der Waals surface area contributed by atoms with Crippen LogP contribution in [0.25, 0.3) is 0 Å². The van der Waals surface area contributed by atoms with Gasteiger partial charge in [0.15, 0.2) is 0 Å². The van der Waals surface area contributed by atoms with E-state index in [-0.39, 0.29) is 0 Å². The van der Waals surface area contributed by atoms with Gasteiger partial charge in [-0.25, -0.2) is 0 Å². The van der Waals surface area contributed by atoms with Gasteiger partial charge in [-0.1, -0.05) is 41.6 Å². The van der Waals surface area contributed by atoms with E-state index >= 15 is 0 Å². The van der Waals surface area contributed by atoms with E-state index < -0.39 is 5.97 Å². The van der Waals surface area contributed by atoms with E-state index in [1.165, 1.54) is 32.1 Å². The molecule has 86 valence electrons. The lowest BCUT2D eigenvalue weighted by Gasteiger charge is -1.97. The first-order valence-electron chi connectivity index (χ1n) is 5.01. The predicted octanol–water partition coefficient (Wildman–Crippen LogP) is 2.81. The van der Waals surface area contributed by atoms with E-state index in [2.05, 4.69) is 15.9 Å². The Morgan fingerprint density at radius 2 is 1.43 bits per heavy atom. The molecule has 0 aromatic rings. The Kier molecular flexibility index (Phi) is 18.0. The molecule has 0 unspecified atom stereocenters. The van der Waals surface area contributed by atoms with Crippen molar-refractivity contribution in [3.8, 4) is 0 Å². The Morgan fingerprint density at radius 1 is 1.07 bits per heavy atom. The van der Waals surface area contributed by atoms with Gasteiger partial charge in [0.25, 0.3) is 5.97 Å². The first kappa shape index (κ1) is 16.3. The highest BCUT2D eigenvalue weighted by atomic mass is 79.9. The zero-order valence-corrected chi connectivity index (χ0v) is 10.4. The van der Waals surface area contributed by atoms with Gasteiger partial charge >= 0.3 is 0 Å². The van der Waals surface area contributed by atoms with E-state index in [0.29, 0.717) is 6.61 Å². The number of aliphatic hydroxyl groups excluding tert-OH is 1. The van der Waals surface area contributed by atoms with Gasteiger partial charge < -0.3 is 10.2 Å². The predicted molar refractivity (Wildman–Crippen MR) is 61.9 cm³/mol. The van der Waals surface area contributed by atoms with Gasteiger partial charge in [0.2, 0.25) is 0 Å². The number of unbranched alkanes of at least 4 members (excludes halogenated alkanes) is 5. The molecule has 0 atom stereocenters. The molecule has 0 aromatic carbocycles. The van der Waals surface area contributed by atoms with Crippen molar-refractivity contribution < 1.29 is 15.0 Å². The summed E-state index contributed by atoms with van der Waals surface area (Å²) in [5.74, 6) is -0.833. The van der Waals surface area contributed by atoms with Gasteiger partial charge in [0, 0.05) is 18.9 Å². The van der Waals surface area contributed by atoms with Crippen molar-refractivity contribution in [2.24, 2.45) is 0 Å². The second-order valence-electron chi connectivity index (χ2n) is 3.05. The summed E-state index contributed by atoms with van der Waals surface area (Å²) >= 11 is 3.39. The van der Waals surface area contributed by atoms with Crippen LogP contribution in [-0.4, -0.2) is 28.1 Å². The number of rotatable bonds is 7. The fourth-order valence-electron chi connectivity index (χ4n) is 0.913. The van der Waals surface area contributed by atoms with Gasteiger partial charge in [-0.3, -0.25) is 4.79 Å². The summed E-state index contributed by atoms with van der Waals surface area (Å²) in [5.41, 5.74) is 0. The van der Waals surface area contributed by atoms with Crippen molar-refractivity contribution in [1.29, 1.82) is 0 Å². The first-order chi connectivity index (χ1) is 6.65. The minimum atomic E-state index is -0.833. The maximum Gasteiger partial charge on any atom is 0.300 e. The van der Waals surface area contributed by atoms with Crippen molar-refractivity contribution in [3.63, 3.8) is 0 Å². The molecule has 0 saturated carbocycles. The Balaban J connectivity index is 0. The topological polar surface area (TPSA) is 57.5 Å². The Hall–Kier alpha value is -0.0900. The Bertz CT molecular complexity index is 106. The zero-order chi connectivity index (χ0) is 11.2. The lowest BCUT2D eigenvalue weighted by atomic mass is 10.1. The molecule has 0 bridgehead atoms. The molecule has 14 heavy (non-hydrogen) atoms. The summed E-state index contributed by atoms with van der Waals surface area (Å²) in [7, 11) is 0. The molecule has 0 amide bonds. The number of alkyl halides is 1. The minimum absolute atomic E-state index is 0.360. The third kappa shape index (κ3) is 29.7. The van der Waals surface area contributed by atoms with Crippen LogP contribution in [0.5, 0.6) is 0 Å². The largest absolute Gasteiger partial charge is 0.481 e. The lowest BCUT2D eigenvalue weighted by molar-refractivity contribution is -0.134. The van der Waals surface area contributed by atoms with E-state index in [9.17, 15) is 0 Å². The van der Waals surface area contributed by atoms with E-state index in [1.807, 2.05) is 0 Å². The van der Waals surface area contributed by atoms with Crippen LogP contribution in [0, 0.1) is 0 Å². The molecule has 0 aliphatic carbocycles. The van der Waals surface area contributed by atoms with Crippen LogP contribution >= 0.6 is 15.9 Å². The molecule has 0 heterocycles. The molecule has 0 radical (unpaired) electrons. The fourth-order valence-corrected chi connectivity index (χ4v) is 1.31. The lowest BCUT2D eigenvalue weighted by Crippen LogP contribution is -1.83. The molecule has 0 aliphatic rings. The van der Waals surface area contributed by atoms with Crippen molar-refractivity contribution in [2.45, 2.75) is 45.4 Å². The van der Waals surface area contributed by atoms with E-state index in [1.54, 1.807) is 0 Å². The van der Waals surface area contributed by atoms with E-state index in [4.69, 9.17) is 15.0 Å². The van der Waals surface area contributed by atoms with Crippen LogP contribution in [0.4, 0.5) is 0 Å². The number of carbonyl (C=O) groups is 1. The fraction of sp³-hybridized carbons (Fsp3) is 0.900. The average molecular weight is 269 g/mol. The third-order valence-corrected chi connectivity index (χ3v) is 2.10. The Morgan fingerprint density at radius 3 is 1.79 bits per heavy atom. The monoisotopic (exact) mass is 268 g/mol. The molecular formula is C10H21BrO3. The van der Waals surface area contributed by atoms with Crippen LogP contribution in [0.1, 0.15) is 45.4 Å². The normalized spacial score (nSPS) is 9.07. The summed E-state index contributed by atoms with van der Waals surface area (Å²) in [4.78, 5) is 9.00. The van der Waals surface area contributed by atoms with Crippen molar-refractivity contribution in [2.75, 3.05) is 11.9 Å². The SMILES string of the molecule is CC(=O)O.OCCCCCCCCBr. The second kappa shape index (κ2) is 15.4. The summed E-state index contributed by atoms with van der Waals surface area (Å²) in [6.07, 6.45) is 7.40. The summed E-state index contributed by atoms with van der Waals surface area (Å²) < 4.78 is 0. The second-order valence-corrected chi connectivity index (χ2v) is 3.85. The van der Waals surface area contributed by atoms with Crippen LogP contribution in [0.3, 0.4) is 0 Å². The highest BCUT2D eigenvalue weighted by molar-refractivity contribution is 9.09. The van der Waals surface area contributed by atoms with Gasteiger partial charge in [-0.15, -0.1) is 0 Å². The molecule has 2 N–H and O–H groups in total. The molecular weight excluding hydrogens is 248 g/mol. The summed E-state index contributed by atoms with van der Waals surface area (Å²) in [6.45, 7) is 1.44. The average Bonchev–Trinajstić information content (AvgIpc) is 2.10. The third-order valence-electron chi connectivity index (χ3n) is 1.54. The number of carboxylic acid groups (broad SMARTS) is 1. The number of hydrogen-bond acceptors (Lipinski definition) is 2. The number of hydrogen-bond donors (Lipinski definition) is 2. The molecule has 0 rings (SSSR count). The summed E-state index contributed by atoms with van der Waals surface area (Å²) in [6, 6.07) is 0. The van der Waals surface area contributed by atoms with Crippen LogP contribution in [0.2, 0.25) is 0 Å². The molecule has 4 heteroatoms. The molecule has 0 aromatic heterocycles. The number of aliphatic hydroxyl groups is 1. The molecule has 3 nitrogen and oxygen atoms in total. The number of carboxylic acids is 1. The van der Waals surface area contributed by atoms with Crippen molar-refractivity contribution in [1.82, 2.24) is 0 Å². The first-order valence-corrected chi connectivity index (χ1v) is 6.13. The quantitative estimate of drug-likeness (QED) is 0.552. The zero-order valence-electron chi connectivity index (χ0n) is 8.84. The maximum atomic E-state index is 9.00. The van der Waals surface area contributed by atoms with Gasteiger partial charge in [0.05, 0.1) is 0 Å². The highest BCUT2D eigenvalue weighted by Crippen LogP contribution is 2.05. The number of aliphatic carboxylic acids is 1. The van der Waals surface area contributed by atoms with Crippen LogP contribution in [-0.2, 0) is 4.79 Å². The van der Waals surface area contributed by atoms with Gasteiger partial charge in [-0.05, 0) is 12.8 Å². The van der Waals surface area contributed by atoms with Gasteiger partial charge in [0.1, 0.15) is 0 Å². The van der Waals surface area contributed by atoms with Crippen LogP contribution < -0.4 is 0 Å². The standard InChI is InChI=1S/C8H17BrO.C2H4O2/c9-7-5-3-1-2-4-6-8-10;1-2(3)4/h10H,1-8H2;1H3,(H,3,4). The van der Waals surface area contributed by atoms with Crippen molar-refractivity contribution in [3.05, 3.63) is 0 Å². The maximum absolute atomic E-state index is 9.00. The Labute approximate surface area is 94.6 Å².